The summed E-state index contributed by atoms with van der Waals surface area (Å²) >= 11 is 6.42. The fraction of sp³-hybridized carbons (Fsp3) is 0.154. The molecular formula is C13H12Br2N4O2. The molecule has 1 amide bonds. The van der Waals surface area contributed by atoms with Gasteiger partial charge in [0.25, 0.3) is 0 Å². The number of nitrogens with zero attached hydrogens (tertiary/aromatic N) is 2. The fourth-order valence-electron chi connectivity index (χ4n) is 1.45. The molecule has 6 nitrogen and oxygen atoms in total. The van der Waals surface area contributed by atoms with Gasteiger partial charge in [-0.2, -0.15) is 0 Å². The Bertz CT molecular complexity index is 635. The number of hydrogen-bond donors (Lipinski definition) is 2. The van der Waals surface area contributed by atoms with Crippen molar-refractivity contribution < 1.29 is 9.53 Å². The second-order valence-electron chi connectivity index (χ2n) is 4.05. The lowest BCUT2D eigenvalue weighted by Gasteiger charge is -2.08. The zero-order valence-electron chi connectivity index (χ0n) is 10.8. The number of nitrogen functional groups attached to an aromatic ring is 1. The lowest BCUT2D eigenvalue weighted by atomic mass is 10.3. The molecule has 1 aromatic heterocycles. The average Bonchev–Trinajstić information content (AvgIpc) is 2.44. The van der Waals surface area contributed by atoms with Crippen LogP contribution in [0.4, 0.5) is 11.5 Å². The second kappa shape index (κ2) is 7.37. The summed E-state index contributed by atoms with van der Waals surface area (Å²) < 4.78 is 6.49. The van der Waals surface area contributed by atoms with E-state index in [9.17, 15) is 4.79 Å². The topological polar surface area (TPSA) is 90.1 Å². The molecule has 0 spiro atoms. The molecule has 0 fully saturated rings. The van der Waals surface area contributed by atoms with E-state index in [1.54, 1.807) is 24.3 Å². The van der Waals surface area contributed by atoms with Crippen LogP contribution in [0.2, 0.25) is 0 Å². The first-order valence-electron chi connectivity index (χ1n) is 6.01. The Morgan fingerprint density at radius 3 is 2.67 bits per heavy atom. The van der Waals surface area contributed by atoms with Crippen LogP contribution in [0.3, 0.4) is 0 Å². The number of carbonyl (C=O) groups is 1. The van der Waals surface area contributed by atoms with Gasteiger partial charge in [-0.3, -0.25) is 4.79 Å². The largest absolute Gasteiger partial charge is 0.493 e. The van der Waals surface area contributed by atoms with E-state index >= 15 is 0 Å². The third-order valence-corrected chi connectivity index (χ3v) is 3.37. The molecule has 0 bridgehead atoms. The molecule has 0 saturated carbocycles. The molecule has 0 radical (unpaired) electrons. The van der Waals surface area contributed by atoms with Crippen LogP contribution in [0, 0.1) is 0 Å². The zero-order valence-corrected chi connectivity index (χ0v) is 14.0. The molecule has 2 aromatic rings. The predicted octanol–water partition coefficient (Wildman–Crippen LogP) is 2.99. The summed E-state index contributed by atoms with van der Waals surface area (Å²) in [5.74, 6) is 0.833. The molecule has 110 valence electrons. The van der Waals surface area contributed by atoms with Crippen molar-refractivity contribution in [3.8, 4) is 5.75 Å². The summed E-state index contributed by atoms with van der Waals surface area (Å²) in [6.07, 6.45) is 1.71. The van der Waals surface area contributed by atoms with Crippen LogP contribution >= 0.6 is 31.9 Å². The number of hydrogen-bond acceptors (Lipinski definition) is 5. The van der Waals surface area contributed by atoms with Crippen molar-refractivity contribution in [2.45, 2.75) is 6.42 Å². The highest BCUT2D eigenvalue weighted by Crippen LogP contribution is 2.19. The number of amides is 1. The first-order valence-corrected chi connectivity index (χ1v) is 7.59. The minimum atomic E-state index is -0.206. The lowest BCUT2D eigenvalue weighted by Crippen LogP contribution is -2.16. The molecule has 1 aromatic carbocycles. The van der Waals surface area contributed by atoms with Gasteiger partial charge in [-0.1, -0.05) is 0 Å². The number of carbonyl (C=O) groups excluding carboxylic acids is 1. The number of anilines is 2. The Labute approximate surface area is 138 Å². The van der Waals surface area contributed by atoms with Gasteiger partial charge in [0, 0.05) is 5.69 Å². The fourth-order valence-corrected chi connectivity index (χ4v) is 2.36. The molecule has 0 aliphatic carbocycles. The second-order valence-corrected chi connectivity index (χ2v) is 5.61. The van der Waals surface area contributed by atoms with Crippen LogP contribution < -0.4 is 15.8 Å². The van der Waals surface area contributed by atoms with Gasteiger partial charge in [0.1, 0.15) is 15.0 Å². The van der Waals surface area contributed by atoms with Gasteiger partial charge in [-0.25, -0.2) is 9.97 Å². The molecule has 21 heavy (non-hydrogen) atoms. The van der Waals surface area contributed by atoms with E-state index in [4.69, 9.17) is 10.5 Å². The Kier molecular flexibility index (Phi) is 5.51. The minimum Gasteiger partial charge on any atom is -0.493 e. The zero-order chi connectivity index (χ0) is 15.2. The number of rotatable bonds is 5. The summed E-state index contributed by atoms with van der Waals surface area (Å²) in [7, 11) is 0. The third-order valence-electron chi connectivity index (χ3n) is 2.44. The van der Waals surface area contributed by atoms with Gasteiger partial charge < -0.3 is 15.8 Å². The predicted molar refractivity (Wildman–Crippen MR) is 87.0 cm³/mol. The number of aromatic nitrogens is 2. The number of halogens is 2. The minimum absolute atomic E-state index is 0.203. The summed E-state index contributed by atoms with van der Waals surface area (Å²) in [5, 5.41) is 2.65. The van der Waals surface area contributed by atoms with Gasteiger partial charge in [0.15, 0.2) is 5.82 Å². The van der Waals surface area contributed by atoms with E-state index in [2.05, 4.69) is 47.1 Å². The van der Waals surface area contributed by atoms with Gasteiger partial charge in [0.2, 0.25) is 5.91 Å². The standard InChI is InChI=1S/C13H12Br2N4O2/c14-10-7-17-13(12(15)18-10)19-11(20)5-6-21-9-3-1-8(16)2-4-9/h1-4,7H,5-6,16H2,(H,17,19,20). The first kappa shape index (κ1) is 15.7. The van der Waals surface area contributed by atoms with Crippen LogP contribution in [0.15, 0.2) is 39.7 Å². The van der Waals surface area contributed by atoms with E-state index in [-0.39, 0.29) is 18.9 Å². The maximum atomic E-state index is 11.8. The normalized spacial score (nSPS) is 10.2. The van der Waals surface area contributed by atoms with Gasteiger partial charge in [0.05, 0.1) is 19.2 Å². The quantitative estimate of drug-likeness (QED) is 0.732. The first-order chi connectivity index (χ1) is 10.0. The molecule has 8 heteroatoms. The highest BCUT2D eigenvalue weighted by molar-refractivity contribution is 9.11. The Morgan fingerprint density at radius 2 is 2.00 bits per heavy atom. The highest BCUT2D eigenvalue weighted by Gasteiger charge is 2.08. The van der Waals surface area contributed by atoms with E-state index < -0.39 is 0 Å². The van der Waals surface area contributed by atoms with Crippen LogP contribution in [-0.2, 0) is 4.79 Å². The van der Waals surface area contributed by atoms with E-state index in [0.717, 1.165) is 0 Å². The lowest BCUT2D eigenvalue weighted by molar-refractivity contribution is -0.116. The number of ether oxygens (including phenoxy) is 1. The average molecular weight is 416 g/mol. The SMILES string of the molecule is Nc1ccc(OCCC(=O)Nc2ncc(Br)nc2Br)cc1. The molecule has 1 heterocycles. The van der Waals surface area contributed by atoms with Gasteiger partial charge in [-0.15, -0.1) is 0 Å². The van der Waals surface area contributed by atoms with Crippen molar-refractivity contribution in [3.05, 3.63) is 39.7 Å². The van der Waals surface area contributed by atoms with Crippen molar-refractivity contribution in [1.82, 2.24) is 9.97 Å². The van der Waals surface area contributed by atoms with E-state index in [1.807, 2.05) is 0 Å². The molecule has 3 N–H and O–H groups in total. The summed E-state index contributed by atoms with van der Waals surface area (Å²) in [6.45, 7) is 0.261. The molecule has 0 unspecified atom stereocenters. The smallest absolute Gasteiger partial charge is 0.229 e. The summed E-state index contributed by atoms with van der Waals surface area (Å²) in [4.78, 5) is 19.9. The van der Waals surface area contributed by atoms with Gasteiger partial charge >= 0.3 is 0 Å². The van der Waals surface area contributed by atoms with Crippen LogP contribution in [0.1, 0.15) is 6.42 Å². The van der Waals surface area contributed by atoms with Crippen molar-refractivity contribution in [1.29, 1.82) is 0 Å². The molecule has 0 saturated heterocycles. The number of nitrogens with one attached hydrogen (secondary N) is 1. The Balaban J connectivity index is 1.81. The van der Waals surface area contributed by atoms with Gasteiger partial charge in [-0.05, 0) is 56.1 Å². The molecular weight excluding hydrogens is 404 g/mol. The van der Waals surface area contributed by atoms with Crippen molar-refractivity contribution in [2.24, 2.45) is 0 Å². The number of nitrogens with two attached hydrogens (primary N) is 1. The van der Waals surface area contributed by atoms with E-state index in [0.29, 0.717) is 26.5 Å². The highest BCUT2D eigenvalue weighted by atomic mass is 79.9. The summed E-state index contributed by atoms with van der Waals surface area (Å²) in [6, 6.07) is 6.99. The number of benzene rings is 1. The molecule has 0 aliphatic heterocycles. The van der Waals surface area contributed by atoms with Crippen molar-refractivity contribution >= 4 is 49.3 Å². The Morgan fingerprint density at radius 1 is 1.29 bits per heavy atom. The van der Waals surface area contributed by atoms with E-state index in [1.165, 1.54) is 6.20 Å². The monoisotopic (exact) mass is 414 g/mol. The Hall–Kier alpha value is -1.67. The maximum Gasteiger partial charge on any atom is 0.229 e. The third kappa shape index (κ3) is 4.98. The van der Waals surface area contributed by atoms with Crippen molar-refractivity contribution in [3.63, 3.8) is 0 Å². The molecule has 0 aliphatic rings. The van der Waals surface area contributed by atoms with Crippen LogP contribution in [0.25, 0.3) is 0 Å². The maximum absolute atomic E-state index is 11.8. The molecule has 2 rings (SSSR count). The van der Waals surface area contributed by atoms with Crippen molar-refractivity contribution in [2.75, 3.05) is 17.7 Å². The summed E-state index contributed by atoms with van der Waals surface area (Å²) in [5.41, 5.74) is 6.24. The molecule has 0 atom stereocenters. The van der Waals surface area contributed by atoms with Crippen LogP contribution in [-0.4, -0.2) is 22.5 Å². The van der Waals surface area contributed by atoms with Crippen LogP contribution in [0.5, 0.6) is 5.75 Å².